The number of carboxylic acid groups (broad SMARTS) is 1. The van der Waals surface area contributed by atoms with Crippen molar-refractivity contribution < 1.29 is 9.90 Å². The quantitative estimate of drug-likeness (QED) is 0.789. The fourth-order valence-electron chi connectivity index (χ4n) is 2.04. The Morgan fingerprint density at radius 2 is 1.76 bits per heavy atom. The van der Waals surface area contributed by atoms with E-state index in [4.69, 9.17) is 5.11 Å². The maximum absolute atomic E-state index is 10.4. The van der Waals surface area contributed by atoms with Gasteiger partial charge in [0.2, 0.25) is 0 Å². The molecule has 0 aliphatic carbocycles. The van der Waals surface area contributed by atoms with Crippen LogP contribution in [0.25, 0.3) is 0 Å². The summed E-state index contributed by atoms with van der Waals surface area (Å²) in [5, 5.41) is 8.54. The molecule has 0 aromatic heterocycles. The first-order chi connectivity index (χ1) is 8.00. The van der Waals surface area contributed by atoms with E-state index < -0.39 is 5.97 Å². The summed E-state index contributed by atoms with van der Waals surface area (Å²) in [7, 11) is 0. The molecule has 0 unspecified atom stereocenters. The van der Waals surface area contributed by atoms with Crippen molar-refractivity contribution >= 4 is 17.7 Å². The number of rotatable bonds is 6. The summed E-state index contributed by atoms with van der Waals surface area (Å²) in [4.78, 5) is 10.4. The van der Waals surface area contributed by atoms with Crippen LogP contribution in [0.15, 0.2) is 12.1 Å². The van der Waals surface area contributed by atoms with E-state index in [1.807, 2.05) is 0 Å². The SMILES string of the molecule is Cc1cc(C)c(CCSCCC(=O)O)c(C)c1. The van der Waals surface area contributed by atoms with E-state index >= 15 is 0 Å². The standard InChI is InChI=1S/C14H20O2S/c1-10-8-11(2)13(12(3)9-10)4-6-17-7-5-14(15)16/h8-9H,4-7H2,1-3H3,(H,15,16). The van der Waals surface area contributed by atoms with Gasteiger partial charge in [0.1, 0.15) is 0 Å². The molecule has 0 spiro atoms. The minimum absolute atomic E-state index is 0.260. The molecule has 17 heavy (non-hydrogen) atoms. The van der Waals surface area contributed by atoms with E-state index in [1.54, 1.807) is 11.8 Å². The molecule has 0 saturated heterocycles. The topological polar surface area (TPSA) is 37.3 Å². The lowest BCUT2D eigenvalue weighted by atomic mass is 9.98. The van der Waals surface area contributed by atoms with E-state index in [-0.39, 0.29) is 6.42 Å². The second-order valence-electron chi connectivity index (χ2n) is 4.38. The molecule has 1 aromatic carbocycles. The van der Waals surface area contributed by atoms with Crippen LogP contribution in [0.2, 0.25) is 0 Å². The molecule has 0 amide bonds. The molecule has 0 aliphatic heterocycles. The van der Waals surface area contributed by atoms with Crippen LogP contribution in [0.5, 0.6) is 0 Å². The minimum atomic E-state index is -0.708. The Bertz CT molecular complexity index is 376. The lowest BCUT2D eigenvalue weighted by Crippen LogP contribution is -2.00. The van der Waals surface area contributed by atoms with Gasteiger partial charge in [0.15, 0.2) is 0 Å². The van der Waals surface area contributed by atoms with Gasteiger partial charge in [-0.1, -0.05) is 17.7 Å². The average molecular weight is 252 g/mol. The zero-order chi connectivity index (χ0) is 12.8. The van der Waals surface area contributed by atoms with E-state index in [9.17, 15) is 4.79 Å². The van der Waals surface area contributed by atoms with Gasteiger partial charge in [-0.3, -0.25) is 4.79 Å². The molecule has 3 heteroatoms. The molecule has 0 aliphatic rings. The second-order valence-corrected chi connectivity index (χ2v) is 5.61. The molecule has 1 rings (SSSR count). The van der Waals surface area contributed by atoms with Crippen molar-refractivity contribution in [1.29, 1.82) is 0 Å². The third kappa shape index (κ3) is 4.82. The third-order valence-electron chi connectivity index (χ3n) is 2.80. The first-order valence-corrected chi connectivity index (χ1v) is 7.02. The zero-order valence-corrected chi connectivity index (χ0v) is 11.6. The number of aliphatic carboxylic acids is 1. The van der Waals surface area contributed by atoms with Crippen molar-refractivity contribution in [3.63, 3.8) is 0 Å². The number of aryl methyl sites for hydroxylation is 3. The molecule has 0 bridgehead atoms. The fraction of sp³-hybridized carbons (Fsp3) is 0.500. The molecule has 0 radical (unpaired) electrons. The lowest BCUT2D eigenvalue weighted by molar-refractivity contribution is -0.136. The van der Waals surface area contributed by atoms with Gasteiger partial charge in [-0.2, -0.15) is 11.8 Å². The van der Waals surface area contributed by atoms with Gasteiger partial charge in [-0.05, 0) is 49.6 Å². The smallest absolute Gasteiger partial charge is 0.304 e. The number of hydrogen-bond acceptors (Lipinski definition) is 2. The predicted molar refractivity (Wildman–Crippen MR) is 73.9 cm³/mol. The van der Waals surface area contributed by atoms with Crippen LogP contribution in [0.3, 0.4) is 0 Å². The van der Waals surface area contributed by atoms with Crippen LogP contribution in [0, 0.1) is 20.8 Å². The van der Waals surface area contributed by atoms with E-state index in [1.165, 1.54) is 22.3 Å². The Balaban J connectivity index is 2.44. The molecular weight excluding hydrogens is 232 g/mol. The molecule has 0 fully saturated rings. The summed E-state index contributed by atoms with van der Waals surface area (Å²) in [6.45, 7) is 6.42. The van der Waals surface area contributed by atoms with Gasteiger partial charge in [-0.15, -0.1) is 0 Å². The van der Waals surface area contributed by atoms with Crippen LogP contribution >= 0.6 is 11.8 Å². The Kier molecular flexibility index (Phi) is 5.56. The molecule has 2 nitrogen and oxygen atoms in total. The van der Waals surface area contributed by atoms with Crippen molar-refractivity contribution in [3.05, 3.63) is 34.4 Å². The molecular formula is C14H20O2S. The summed E-state index contributed by atoms with van der Waals surface area (Å²) in [6.07, 6.45) is 1.29. The minimum Gasteiger partial charge on any atom is -0.481 e. The molecule has 0 heterocycles. The maximum Gasteiger partial charge on any atom is 0.304 e. The summed E-state index contributed by atoms with van der Waals surface area (Å²) in [5.74, 6) is 0.998. The molecule has 0 saturated carbocycles. The largest absolute Gasteiger partial charge is 0.481 e. The highest BCUT2D eigenvalue weighted by Crippen LogP contribution is 2.18. The van der Waals surface area contributed by atoms with Crippen molar-refractivity contribution in [2.75, 3.05) is 11.5 Å². The first kappa shape index (κ1) is 14.1. The fourth-order valence-corrected chi connectivity index (χ4v) is 2.91. The average Bonchev–Trinajstić information content (AvgIpc) is 2.20. The van der Waals surface area contributed by atoms with Gasteiger partial charge in [0.25, 0.3) is 0 Å². The van der Waals surface area contributed by atoms with Crippen LogP contribution in [0.1, 0.15) is 28.7 Å². The highest BCUT2D eigenvalue weighted by molar-refractivity contribution is 7.99. The summed E-state index contributed by atoms with van der Waals surface area (Å²) in [5.41, 5.74) is 5.42. The highest BCUT2D eigenvalue weighted by atomic mass is 32.2. The van der Waals surface area contributed by atoms with Crippen molar-refractivity contribution in [3.8, 4) is 0 Å². The molecule has 1 N–H and O–H groups in total. The van der Waals surface area contributed by atoms with Gasteiger partial charge in [0, 0.05) is 5.75 Å². The Hall–Kier alpha value is -0.960. The summed E-state index contributed by atoms with van der Waals surface area (Å²) in [6, 6.07) is 4.43. The molecule has 94 valence electrons. The lowest BCUT2D eigenvalue weighted by Gasteiger charge is -2.10. The van der Waals surface area contributed by atoms with Crippen LogP contribution in [-0.2, 0) is 11.2 Å². The number of carboxylic acids is 1. The number of thioether (sulfide) groups is 1. The second kappa shape index (κ2) is 6.70. The Labute approximate surface area is 107 Å². The predicted octanol–water partition coefficient (Wildman–Crippen LogP) is 3.36. The number of benzene rings is 1. The summed E-state index contributed by atoms with van der Waals surface area (Å²) < 4.78 is 0. The van der Waals surface area contributed by atoms with Crippen molar-refractivity contribution in [2.24, 2.45) is 0 Å². The van der Waals surface area contributed by atoms with Gasteiger partial charge in [-0.25, -0.2) is 0 Å². The Morgan fingerprint density at radius 1 is 1.18 bits per heavy atom. The van der Waals surface area contributed by atoms with Crippen LogP contribution in [-0.4, -0.2) is 22.6 Å². The van der Waals surface area contributed by atoms with Gasteiger partial charge in [0.05, 0.1) is 6.42 Å². The monoisotopic (exact) mass is 252 g/mol. The van der Waals surface area contributed by atoms with Crippen molar-refractivity contribution in [2.45, 2.75) is 33.6 Å². The van der Waals surface area contributed by atoms with Gasteiger partial charge < -0.3 is 5.11 Å². The maximum atomic E-state index is 10.4. The summed E-state index contributed by atoms with van der Waals surface area (Å²) >= 11 is 1.72. The number of hydrogen-bond donors (Lipinski definition) is 1. The van der Waals surface area contributed by atoms with E-state index in [2.05, 4.69) is 32.9 Å². The number of carbonyl (C=O) groups is 1. The van der Waals surface area contributed by atoms with Crippen LogP contribution in [0.4, 0.5) is 0 Å². The van der Waals surface area contributed by atoms with Crippen molar-refractivity contribution in [1.82, 2.24) is 0 Å². The normalized spacial score (nSPS) is 10.5. The Morgan fingerprint density at radius 3 is 2.29 bits per heavy atom. The van der Waals surface area contributed by atoms with E-state index in [0.717, 1.165) is 12.2 Å². The zero-order valence-electron chi connectivity index (χ0n) is 10.7. The highest BCUT2D eigenvalue weighted by Gasteiger charge is 2.04. The van der Waals surface area contributed by atoms with E-state index in [0.29, 0.717) is 5.75 Å². The van der Waals surface area contributed by atoms with Gasteiger partial charge >= 0.3 is 5.97 Å². The molecule has 1 aromatic rings. The third-order valence-corrected chi connectivity index (χ3v) is 3.78. The first-order valence-electron chi connectivity index (χ1n) is 5.87. The molecule has 0 atom stereocenters. The van der Waals surface area contributed by atoms with Crippen LogP contribution < -0.4 is 0 Å².